The molecule has 0 radical (unpaired) electrons. The molecule has 2 aromatic heterocycles. The molecule has 6 rings (SSSR count). The summed E-state index contributed by atoms with van der Waals surface area (Å²) in [6.45, 7) is 3.51. The average molecular weight is 595 g/mol. The lowest BCUT2D eigenvalue weighted by Crippen LogP contribution is -2.47. The summed E-state index contributed by atoms with van der Waals surface area (Å²) in [5.41, 5.74) is 10.1. The SMILES string of the molecule is NC(=O)C(CCC=O)N1C(=O)c2ccc(NCCCN3CCCC(n4cc(-c5cnc6ccccc6n5)cn4)C3)cc2C1=O. The monoisotopic (exact) mass is 594 g/mol. The Morgan fingerprint density at radius 3 is 2.73 bits per heavy atom. The summed E-state index contributed by atoms with van der Waals surface area (Å²) in [5, 5.41) is 8.01. The third-order valence-corrected chi connectivity index (χ3v) is 8.30. The van der Waals surface area contributed by atoms with Gasteiger partial charge in [-0.2, -0.15) is 5.10 Å². The number of amides is 3. The maximum absolute atomic E-state index is 13.0. The summed E-state index contributed by atoms with van der Waals surface area (Å²) in [4.78, 5) is 61.3. The van der Waals surface area contributed by atoms with Crippen molar-refractivity contribution in [1.29, 1.82) is 0 Å². The smallest absolute Gasteiger partial charge is 0.262 e. The number of carbonyl (C=O) groups excluding carboxylic acids is 4. The Bertz CT molecular complexity index is 1720. The Hall–Kier alpha value is -4.97. The topological polar surface area (TPSA) is 156 Å². The maximum Gasteiger partial charge on any atom is 0.262 e. The lowest BCUT2D eigenvalue weighted by atomic mass is 10.1. The van der Waals surface area contributed by atoms with Gasteiger partial charge in [-0.3, -0.25) is 28.9 Å². The van der Waals surface area contributed by atoms with Crippen LogP contribution in [0.2, 0.25) is 0 Å². The van der Waals surface area contributed by atoms with Gasteiger partial charge in [-0.05, 0) is 69.1 Å². The number of piperidine rings is 1. The molecule has 4 heterocycles. The highest BCUT2D eigenvalue weighted by Crippen LogP contribution is 2.29. The molecule has 2 aromatic carbocycles. The lowest BCUT2D eigenvalue weighted by Gasteiger charge is -2.32. The minimum absolute atomic E-state index is 0.00740. The first-order valence-corrected chi connectivity index (χ1v) is 14.9. The van der Waals surface area contributed by atoms with Crippen LogP contribution in [-0.4, -0.2) is 85.8 Å². The summed E-state index contributed by atoms with van der Waals surface area (Å²) in [7, 11) is 0. The number of aromatic nitrogens is 4. The highest BCUT2D eigenvalue weighted by Gasteiger charge is 2.42. The van der Waals surface area contributed by atoms with Crippen LogP contribution < -0.4 is 11.1 Å². The molecular formula is C32H34N8O4. The van der Waals surface area contributed by atoms with Crippen molar-refractivity contribution in [3.8, 4) is 11.3 Å². The molecule has 0 bridgehead atoms. The highest BCUT2D eigenvalue weighted by molar-refractivity contribution is 6.23. The van der Waals surface area contributed by atoms with E-state index in [0.29, 0.717) is 18.5 Å². The van der Waals surface area contributed by atoms with Gasteiger partial charge in [0.2, 0.25) is 5.91 Å². The third kappa shape index (κ3) is 5.93. The van der Waals surface area contributed by atoms with Crippen LogP contribution in [0.5, 0.6) is 0 Å². The van der Waals surface area contributed by atoms with Crippen molar-refractivity contribution in [1.82, 2.24) is 29.5 Å². The number of fused-ring (bicyclic) bond motifs is 2. The van der Waals surface area contributed by atoms with Crippen molar-refractivity contribution in [2.75, 3.05) is 31.5 Å². The predicted octanol–water partition coefficient (Wildman–Crippen LogP) is 3.06. The lowest BCUT2D eigenvalue weighted by molar-refractivity contribution is -0.122. The Morgan fingerprint density at radius 1 is 1.09 bits per heavy atom. The number of hydrogen-bond acceptors (Lipinski definition) is 9. The van der Waals surface area contributed by atoms with Crippen molar-refractivity contribution < 1.29 is 19.2 Å². The van der Waals surface area contributed by atoms with Gasteiger partial charge >= 0.3 is 0 Å². The minimum Gasteiger partial charge on any atom is -0.385 e. The molecule has 4 aromatic rings. The zero-order valence-electron chi connectivity index (χ0n) is 24.3. The molecule has 3 N–H and O–H groups in total. The zero-order valence-corrected chi connectivity index (χ0v) is 24.3. The van der Waals surface area contributed by atoms with Crippen molar-refractivity contribution in [3.63, 3.8) is 0 Å². The van der Waals surface area contributed by atoms with E-state index in [1.165, 1.54) is 0 Å². The van der Waals surface area contributed by atoms with Crippen LogP contribution in [0.4, 0.5) is 5.69 Å². The molecule has 12 nitrogen and oxygen atoms in total. The Labute approximate surface area is 254 Å². The number of imide groups is 1. The third-order valence-electron chi connectivity index (χ3n) is 8.30. The number of nitrogens with zero attached hydrogens (tertiary/aromatic N) is 6. The maximum atomic E-state index is 13.0. The second kappa shape index (κ2) is 12.7. The van der Waals surface area contributed by atoms with Gasteiger partial charge in [-0.25, -0.2) is 4.98 Å². The first kappa shape index (κ1) is 29.1. The Morgan fingerprint density at radius 2 is 1.91 bits per heavy atom. The molecule has 0 aliphatic carbocycles. The summed E-state index contributed by atoms with van der Waals surface area (Å²) in [5.74, 6) is -1.95. The first-order chi connectivity index (χ1) is 21.4. The molecule has 44 heavy (non-hydrogen) atoms. The molecular weight excluding hydrogens is 560 g/mol. The minimum atomic E-state index is -1.15. The van der Waals surface area contributed by atoms with Crippen molar-refractivity contribution in [2.45, 2.75) is 44.2 Å². The molecule has 12 heteroatoms. The zero-order chi connectivity index (χ0) is 30.6. The Balaban J connectivity index is 1.02. The number of benzene rings is 2. The van der Waals surface area contributed by atoms with Gasteiger partial charge in [0.15, 0.2) is 0 Å². The molecule has 1 saturated heterocycles. The van der Waals surface area contributed by atoms with Crippen LogP contribution in [-0.2, 0) is 9.59 Å². The van der Waals surface area contributed by atoms with Crippen LogP contribution in [0, 0.1) is 0 Å². The highest BCUT2D eigenvalue weighted by atomic mass is 16.2. The molecule has 1 fully saturated rings. The number of nitrogens with two attached hydrogens (primary N) is 1. The van der Waals surface area contributed by atoms with Crippen LogP contribution in [0.1, 0.15) is 58.9 Å². The van der Waals surface area contributed by atoms with E-state index in [1.807, 2.05) is 35.1 Å². The van der Waals surface area contributed by atoms with Crippen molar-refractivity contribution >= 4 is 40.7 Å². The van der Waals surface area contributed by atoms with E-state index in [-0.39, 0.29) is 30.0 Å². The molecule has 2 aliphatic heterocycles. The van der Waals surface area contributed by atoms with E-state index in [2.05, 4.69) is 26.5 Å². The van der Waals surface area contributed by atoms with Crippen molar-refractivity contribution in [3.05, 3.63) is 72.2 Å². The molecule has 3 amide bonds. The second-order valence-corrected chi connectivity index (χ2v) is 11.2. The van der Waals surface area contributed by atoms with Gasteiger partial charge < -0.3 is 20.7 Å². The van der Waals surface area contributed by atoms with Gasteiger partial charge in [0.25, 0.3) is 11.8 Å². The predicted molar refractivity (Wildman–Crippen MR) is 164 cm³/mol. The van der Waals surface area contributed by atoms with Crippen LogP contribution in [0.3, 0.4) is 0 Å². The number of para-hydroxylation sites is 2. The van der Waals surface area contributed by atoms with Gasteiger partial charge in [0.05, 0.1) is 46.3 Å². The molecule has 2 atom stereocenters. The van der Waals surface area contributed by atoms with E-state index in [9.17, 15) is 19.2 Å². The second-order valence-electron chi connectivity index (χ2n) is 11.2. The summed E-state index contributed by atoms with van der Waals surface area (Å²) >= 11 is 0. The fourth-order valence-corrected chi connectivity index (χ4v) is 6.03. The van der Waals surface area contributed by atoms with E-state index < -0.39 is 23.8 Å². The standard InChI is InChI=1S/C32H34N8O4/c33-30(42)29(9-4-15-41)40-31(43)24-11-10-22(16-25(24)32(40)44)34-12-5-14-38-13-3-6-23(20-38)39-19-21(17-36-39)28-18-35-26-7-1-2-8-27(26)37-28/h1-2,7-8,10-11,15-19,23,29,34H,3-6,9,12-14,20H2,(H2,33,42). The van der Waals surface area contributed by atoms with E-state index >= 15 is 0 Å². The van der Waals surface area contributed by atoms with Crippen LogP contribution in [0.25, 0.3) is 22.3 Å². The molecule has 0 saturated carbocycles. The van der Waals surface area contributed by atoms with Crippen LogP contribution >= 0.6 is 0 Å². The molecule has 2 aliphatic rings. The molecule has 0 spiro atoms. The van der Waals surface area contributed by atoms with E-state index in [0.717, 1.165) is 66.1 Å². The van der Waals surface area contributed by atoms with Gasteiger partial charge in [-0.1, -0.05) is 12.1 Å². The Kier molecular flexibility index (Phi) is 8.42. The van der Waals surface area contributed by atoms with E-state index in [4.69, 9.17) is 10.7 Å². The fourth-order valence-electron chi connectivity index (χ4n) is 6.03. The summed E-state index contributed by atoms with van der Waals surface area (Å²) < 4.78 is 2.05. The van der Waals surface area contributed by atoms with Gasteiger partial charge in [-0.15, -0.1) is 0 Å². The number of hydrogen-bond donors (Lipinski definition) is 2. The largest absolute Gasteiger partial charge is 0.385 e. The number of primary amides is 1. The fraction of sp³-hybridized carbons (Fsp3) is 0.344. The van der Waals surface area contributed by atoms with Gasteiger partial charge in [0, 0.05) is 37.0 Å². The average Bonchev–Trinajstić information content (AvgIpc) is 3.63. The van der Waals surface area contributed by atoms with Crippen molar-refractivity contribution in [2.24, 2.45) is 5.73 Å². The summed E-state index contributed by atoms with van der Waals surface area (Å²) in [6.07, 6.45) is 9.40. The number of rotatable bonds is 12. The van der Waals surface area contributed by atoms with Crippen LogP contribution in [0.15, 0.2) is 61.1 Å². The van der Waals surface area contributed by atoms with E-state index in [1.54, 1.807) is 24.4 Å². The number of carbonyl (C=O) groups is 4. The van der Waals surface area contributed by atoms with Gasteiger partial charge in [0.1, 0.15) is 12.3 Å². The number of likely N-dealkylation sites (tertiary alicyclic amines) is 1. The first-order valence-electron chi connectivity index (χ1n) is 14.9. The number of nitrogens with one attached hydrogen (secondary N) is 1. The quantitative estimate of drug-likeness (QED) is 0.143. The number of aldehydes is 1. The normalized spacial score (nSPS) is 17.5. The number of anilines is 1. The summed E-state index contributed by atoms with van der Waals surface area (Å²) in [6, 6.07) is 11.9. The molecule has 226 valence electrons. The molecule has 2 unspecified atom stereocenters.